The summed E-state index contributed by atoms with van der Waals surface area (Å²) >= 11 is 0. The number of anilines is 1. The van der Waals surface area contributed by atoms with Gasteiger partial charge in [-0.3, -0.25) is 0 Å². The largest absolute Gasteiger partial charge is 0.493 e. The normalized spacial score (nSPS) is 20.7. The first-order valence-corrected chi connectivity index (χ1v) is 8.94. The van der Waals surface area contributed by atoms with Crippen LogP contribution in [0.4, 0.5) is 23.4 Å². The summed E-state index contributed by atoms with van der Waals surface area (Å²) in [5.41, 5.74) is 3.98. The smallest absolute Gasteiger partial charge is 0.329 e. The van der Waals surface area contributed by atoms with E-state index < -0.39 is 24.9 Å². The standard InChI is InChI=1S/C17H18F4N2OSi/c1-15(2,3)25-7-5-11-8-13-12(4-6-24-13)14(22-11)23-9-16(18,19)17(20,21)10-23/h8H,4,6,9-10H2,1-3H3. The molecule has 2 aliphatic rings. The summed E-state index contributed by atoms with van der Waals surface area (Å²) in [5, 5.41) is 0.0438. The molecule has 2 radical (unpaired) electrons. The zero-order valence-corrected chi connectivity index (χ0v) is 15.2. The lowest BCUT2D eigenvalue weighted by Crippen LogP contribution is -2.38. The minimum atomic E-state index is -4.07. The molecule has 8 heteroatoms. The molecule has 1 fully saturated rings. The van der Waals surface area contributed by atoms with Gasteiger partial charge in [0, 0.05) is 18.1 Å². The van der Waals surface area contributed by atoms with Crippen molar-refractivity contribution in [3.63, 3.8) is 0 Å². The van der Waals surface area contributed by atoms with E-state index in [-0.39, 0.29) is 10.9 Å². The highest BCUT2D eigenvalue weighted by Crippen LogP contribution is 2.44. The monoisotopic (exact) mass is 370 g/mol. The molecule has 3 nitrogen and oxygen atoms in total. The Hall–Kier alpha value is -1.75. The van der Waals surface area contributed by atoms with Gasteiger partial charge in [-0.15, -0.1) is 5.54 Å². The highest BCUT2D eigenvalue weighted by Gasteiger charge is 2.63. The lowest BCUT2D eigenvalue weighted by molar-refractivity contribution is -0.172. The number of aromatic nitrogens is 1. The molecule has 0 unspecified atom stereocenters. The van der Waals surface area contributed by atoms with Crippen molar-refractivity contribution in [3.8, 4) is 17.2 Å². The number of fused-ring (bicyclic) bond motifs is 1. The summed E-state index contributed by atoms with van der Waals surface area (Å²) in [6.45, 7) is 4.43. The third-order valence-electron chi connectivity index (χ3n) is 3.91. The van der Waals surface area contributed by atoms with Crippen LogP contribution in [-0.4, -0.2) is 46.0 Å². The first-order chi connectivity index (χ1) is 11.5. The molecule has 1 aromatic heterocycles. The summed E-state index contributed by atoms with van der Waals surface area (Å²) in [6.07, 6.45) is 0.461. The Kier molecular flexibility index (Phi) is 4.26. The Morgan fingerprint density at radius 3 is 2.44 bits per heavy atom. The number of nitrogens with zero attached hydrogens (tertiary/aromatic N) is 2. The van der Waals surface area contributed by atoms with E-state index in [4.69, 9.17) is 4.74 Å². The molecule has 0 aliphatic carbocycles. The lowest BCUT2D eigenvalue weighted by Gasteiger charge is -2.19. The Balaban J connectivity index is 1.95. The lowest BCUT2D eigenvalue weighted by atomic mass is 10.1. The fraction of sp³-hybridized carbons (Fsp3) is 0.588. The highest BCUT2D eigenvalue weighted by molar-refractivity contribution is 6.49. The molecule has 3 heterocycles. The number of pyridine rings is 1. The van der Waals surface area contributed by atoms with Gasteiger partial charge in [-0.25, -0.2) is 4.98 Å². The van der Waals surface area contributed by atoms with E-state index in [0.717, 1.165) is 4.90 Å². The molecule has 134 valence electrons. The predicted octanol–water partition coefficient (Wildman–Crippen LogP) is 3.34. The molecule has 0 atom stereocenters. The van der Waals surface area contributed by atoms with Gasteiger partial charge in [0.15, 0.2) is 9.52 Å². The quantitative estimate of drug-likeness (QED) is 0.431. The van der Waals surface area contributed by atoms with Crippen LogP contribution in [0.2, 0.25) is 5.04 Å². The van der Waals surface area contributed by atoms with Gasteiger partial charge in [-0.2, -0.15) is 17.6 Å². The van der Waals surface area contributed by atoms with E-state index in [9.17, 15) is 17.6 Å². The van der Waals surface area contributed by atoms with Gasteiger partial charge in [0.1, 0.15) is 17.3 Å². The van der Waals surface area contributed by atoms with E-state index >= 15 is 0 Å². The van der Waals surface area contributed by atoms with Crippen LogP contribution >= 0.6 is 0 Å². The van der Waals surface area contributed by atoms with Crippen LogP contribution in [0.1, 0.15) is 32.0 Å². The zero-order valence-electron chi connectivity index (χ0n) is 14.2. The maximum Gasteiger partial charge on any atom is 0.329 e. The SMILES string of the molecule is CC(C)(C)[Si]C#Cc1cc2c(c(N3CC(F)(F)C(F)(F)C3)n1)CCO2. The number of hydrogen-bond donors (Lipinski definition) is 0. The van der Waals surface area contributed by atoms with Crippen molar-refractivity contribution in [1.29, 1.82) is 0 Å². The van der Waals surface area contributed by atoms with Crippen LogP contribution in [0.25, 0.3) is 0 Å². The number of halogens is 4. The third kappa shape index (κ3) is 3.61. The Labute approximate surface area is 146 Å². The second-order valence-corrected chi connectivity index (χ2v) is 9.30. The minimum Gasteiger partial charge on any atom is -0.493 e. The van der Waals surface area contributed by atoms with Crippen molar-refractivity contribution in [2.24, 2.45) is 0 Å². The number of rotatable bonds is 1. The average Bonchev–Trinajstić information content (AvgIpc) is 2.99. The first kappa shape index (κ1) is 18.1. The van der Waals surface area contributed by atoms with Gasteiger partial charge in [0.2, 0.25) is 0 Å². The van der Waals surface area contributed by atoms with Crippen molar-refractivity contribution in [2.45, 2.75) is 44.1 Å². The molecular weight excluding hydrogens is 352 g/mol. The van der Waals surface area contributed by atoms with Gasteiger partial charge in [0.05, 0.1) is 19.7 Å². The molecule has 1 saturated heterocycles. The van der Waals surface area contributed by atoms with E-state index in [0.29, 0.717) is 39.6 Å². The number of ether oxygens (including phenoxy) is 1. The Bertz CT molecular complexity index is 733. The molecular formula is C17H18F4N2OSi. The van der Waals surface area contributed by atoms with E-state index in [2.05, 4.69) is 37.2 Å². The molecule has 0 bridgehead atoms. The van der Waals surface area contributed by atoms with Crippen molar-refractivity contribution < 1.29 is 22.3 Å². The fourth-order valence-electron chi connectivity index (χ4n) is 2.69. The average molecular weight is 370 g/mol. The van der Waals surface area contributed by atoms with Gasteiger partial charge >= 0.3 is 11.8 Å². The summed E-state index contributed by atoms with van der Waals surface area (Å²) < 4.78 is 59.7. The van der Waals surface area contributed by atoms with Crippen molar-refractivity contribution in [3.05, 3.63) is 17.3 Å². The van der Waals surface area contributed by atoms with E-state index in [1.165, 1.54) is 0 Å². The van der Waals surface area contributed by atoms with Crippen LogP contribution in [0.5, 0.6) is 5.75 Å². The molecule has 1 aromatic rings. The van der Waals surface area contributed by atoms with Crippen molar-refractivity contribution in [1.82, 2.24) is 4.98 Å². The van der Waals surface area contributed by atoms with Gasteiger partial charge < -0.3 is 9.64 Å². The van der Waals surface area contributed by atoms with Gasteiger partial charge in [-0.05, 0) is 5.04 Å². The third-order valence-corrected chi connectivity index (χ3v) is 4.91. The summed E-state index contributed by atoms with van der Waals surface area (Å²) in [5.74, 6) is -4.61. The van der Waals surface area contributed by atoms with Crippen molar-refractivity contribution >= 4 is 15.3 Å². The fourth-order valence-corrected chi connectivity index (χ4v) is 3.25. The molecule has 0 amide bonds. The van der Waals surface area contributed by atoms with Crippen molar-refractivity contribution in [2.75, 3.05) is 24.6 Å². The van der Waals surface area contributed by atoms with Crippen LogP contribution in [0.15, 0.2) is 6.07 Å². The Morgan fingerprint density at radius 1 is 1.20 bits per heavy atom. The first-order valence-electron chi connectivity index (χ1n) is 7.94. The maximum absolute atomic E-state index is 13.6. The Morgan fingerprint density at radius 2 is 1.84 bits per heavy atom. The van der Waals surface area contributed by atoms with E-state index in [1.807, 2.05) is 0 Å². The van der Waals surface area contributed by atoms with Crippen LogP contribution in [0.3, 0.4) is 0 Å². The number of hydrogen-bond acceptors (Lipinski definition) is 3. The second kappa shape index (κ2) is 5.90. The molecule has 0 spiro atoms. The van der Waals surface area contributed by atoms with Crippen LogP contribution in [-0.2, 0) is 6.42 Å². The molecule has 2 aliphatic heterocycles. The zero-order chi connectivity index (χ0) is 18.5. The highest BCUT2D eigenvalue weighted by atomic mass is 28.2. The maximum atomic E-state index is 13.6. The topological polar surface area (TPSA) is 25.4 Å². The van der Waals surface area contributed by atoms with Gasteiger partial charge in [-0.1, -0.05) is 26.7 Å². The van der Waals surface area contributed by atoms with E-state index in [1.54, 1.807) is 6.07 Å². The summed E-state index contributed by atoms with van der Waals surface area (Å²) in [6, 6.07) is 1.65. The van der Waals surface area contributed by atoms with Crippen LogP contribution in [0, 0.1) is 11.5 Å². The van der Waals surface area contributed by atoms with Gasteiger partial charge in [0.25, 0.3) is 0 Å². The minimum absolute atomic E-state index is 0.0438. The second-order valence-electron chi connectivity index (χ2n) is 7.30. The number of alkyl halides is 4. The molecule has 0 N–H and O–H groups in total. The van der Waals surface area contributed by atoms with Crippen LogP contribution < -0.4 is 9.64 Å². The summed E-state index contributed by atoms with van der Waals surface area (Å²) in [7, 11) is 0.368. The molecule has 25 heavy (non-hydrogen) atoms. The predicted molar refractivity (Wildman–Crippen MR) is 87.9 cm³/mol. The summed E-state index contributed by atoms with van der Waals surface area (Å²) in [4.78, 5) is 5.24. The molecule has 0 aromatic carbocycles. The molecule has 0 saturated carbocycles. The molecule has 3 rings (SSSR count).